The van der Waals surface area contributed by atoms with Gasteiger partial charge in [0.2, 0.25) is 10.0 Å². The lowest BCUT2D eigenvalue weighted by Crippen LogP contribution is -2.42. The highest BCUT2D eigenvalue weighted by Gasteiger charge is 2.44. The topological polar surface area (TPSA) is 173 Å². The fourth-order valence-electron chi connectivity index (χ4n) is 4.71. The first-order valence-corrected chi connectivity index (χ1v) is 12.2. The van der Waals surface area contributed by atoms with Crippen molar-refractivity contribution in [3.8, 4) is 6.07 Å². The van der Waals surface area contributed by atoms with Crippen molar-refractivity contribution in [2.75, 3.05) is 4.90 Å². The number of benzene rings is 2. The highest BCUT2D eigenvalue weighted by molar-refractivity contribution is 7.89. The van der Waals surface area contributed by atoms with Crippen LogP contribution in [0.4, 0.5) is 11.4 Å². The highest BCUT2D eigenvalue weighted by atomic mass is 32.2. The third kappa shape index (κ3) is 4.29. The second-order valence-electron chi connectivity index (χ2n) is 9.37. The number of hydrogen-bond donors (Lipinski definition) is 2. The smallest absolute Gasteiger partial charge is 0.269 e. The summed E-state index contributed by atoms with van der Waals surface area (Å²) in [5.41, 5.74) is 8.17. The molecule has 0 spiro atoms. The lowest BCUT2D eigenvalue weighted by atomic mass is 9.68. The number of rotatable bonds is 4. The Labute approximate surface area is 202 Å². The molecule has 2 aliphatic rings. The van der Waals surface area contributed by atoms with E-state index in [0.717, 1.165) is 0 Å². The van der Waals surface area contributed by atoms with Crippen LogP contribution in [0.2, 0.25) is 0 Å². The monoisotopic (exact) mass is 493 g/mol. The predicted molar refractivity (Wildman–Crippen MR) is 128 cm³/mol. The predicted octanol–water partition coefficient (Wildman–Crippen LogP) is 3.18. The Morgan fingerprint density at radius 2 is 1.71 bits per heavy atom. The van der Waals surface area contributed by atoms with Gasteiger partial charge in [0, 0.05) is 35.5 Å². The third-order valence-electron chi connectivity index (χ3n) is 6.24. The normalized spacial score (nSPS) is 19.9. The fraction of sp³-hybridized carbons (Fsp3) is 0.250. The molecule has 0 saturated carbocycles. The fourth-order valence-corrected chi connectivity index (χ4v) is 5.23. The van der Waals surface area contributed by atoms with Crippen molar-refractivity contribution in [2.24, 2.45) is 16.3 Å². The molecular formula is C24H23N5O5S. The van der Waals surface area contributed by atoms with Gasteiger partial charge in [0.1, 0.15) is 5.82 Å². The number of hydrogen-bond acceptors (Lipinski definition) is 8. The molecule has 0 bridgehead atoms. The number of primary sulfonamides is 1. The van der Waals surface area contributed by atoms with Crippen molar-refractivity contribution < 1.29 is 18.1 Å². The first kappa shape index (κ1) is 24.1. The summed E-state index contributed by atoms with van der Waals surface area (Å²) in [7, 11) is -3.91. The van der Waals surface area contributed by atoms with Crippen molar-refractivity contribution >= 4 is 27.2 Å². The number of carbonyl (C=O) groups excluding carboxylic acids is 1. The summed E-state index contributed by atoms with van der Waals surface area (Å²) < 4.78 is 23.4. The van der Waals surface area contributed by atoms with Crippen molar-refractivity contribution in [1.82, 2.24) is 0 Å². The lowest BCUT2D eigenvalue weighted by Gasteiger charge is -2.43. The quantitative estimate of drug-likeness (QED) is 0.482. The second-order valence-corrected chi connectivity index (χ2v) is 10.9. The molecule has 0 saturated heterocycles. The van der Waals surface area contributed by atoms with Crippen molar-refractivity contribution in [1.29, 1.82) is 5.26 Å². The standard InChI is InChI=1S/C24H23N5O5S/c1-24(2)11-19-22(20(30)12-24)21(14-3-5-16(6-4-14)29(31)32)18(13-25)23(26)28(19)15-7-9-17(10-8-15)35(27,33)34/h3-10,21H,11-12,26H2,1-2H3,(H2,27,33,34)/t21-/m0/s1. The highest BCUT2D eigenvalue weighted by Crippen LogP contribution is 2.50. The Morgan fingerprint density at radius 1 is 1.11 bits per heavy atom. The van der Waals surface area contributed by atoms with Crippen LogP contribution in [-0.4, -0.2) is 19.1 Å². The van der Waals surface area contributed by atoms with Gasteiger partial charge in [-0.1, -0.05) is 26.0 Å². The molecule has 0 radical (unpaired) electrons. The SMILES string of the molecule is CC1(C)CC(=O)C2=C(C1)N(c1ccc(S(N)(=O)=O)cc1)C(N)=C(C#N)[C@@H]2c1ccc([N+](=O)[O-])cc1. The molecule has 10 nitrogen and oxygen atoms in total. The summed E-state index contributed by atoms with van der Waals surface area (Å²) in [6, 6.07) is 13.6. The first-order chi connectivity index (χ1) is 16.3. The summed E-state index contributed by atoms with van der Waals surface area (Å²) in [5.74, 6) is -0.825. The van der Waals surface area contributed by atoms with Gasteiger partial charge < -0.3 is 5.73 Å². The largest absolute Gasteiger partial charge is 0.384 e. The Kier molecular flexibility index (Phi) is 5.75. The number of ketones is 1. The van der Waals surface area contributed by atoms with E-state index < -0.39 is 20.9 Å². The van der Waals surface area contributed by atoms with Crippen LogP contribution in [0.15, 0.2) is 76.1 Å². The third-order valence-corrected chi connectivity index (χ3v) is 7.17. The average Bonchev–Trinajstić information content (AvgIpc) is 2.77. The Bertz CT molecular complexity index is 1450. The summed E-state index contributed by atoms with van der Waals surface area (Å²) >= 11 is 0. The minimum atomic E-state index is -3.91. The van der Waals surface area contributed by atoms with Crippen LogP contribution in [-0.2, 0) is 14.8 Å². The molecule has 35 heavy (non-hydrogen) atoms. The van der Waals surface area contributed by atoms with E-state index in [0.29, 0.717) is 28.9 Å². The molecule has 1 aliphatic heterocycles. The van der Waals surface area contributed by atoms with Gasteiger partial charge in [-0.15, -0.1) is 0 Å². The van der Waals surface area contributed by atoms with Gasteiger partial charge in [-0.3, -0.25) is 19.8 Å². The number of nitrogens with two attached hydrogens (primary N) is 2. The van der Waals surface area contributed by atoms with E-state index in [-0.39, 0.29) is 39.6 Å². The van der Waals surface area contributed by atoms with Gasteiger partial charge in [-0.25, -0.2) is 13.6 Å². The van der Waals surface area contributed by atoms with Crippen LogP contribution in [0.25, 0.3) is 0 Å². The van der Waals surface area contributed by atoms with E-state index in [2.05, 4.69) is 6.07 Å². The Morgan fingerprint density at radius 3 is 2.23 bits per heavy atom. The zero-order valence-corrected chi connectivity index (χ0v) is 19.9. The molecule has 0 amide bonds. The number of nitro benzene ring substituents is 1. The number of Topliss-reactive ketones (excluding diaryl/α,β-unsaturated/α-hetero) is 1. The van der Waals surface area contributed by atoms with Gasteiger partial charge in [-0.05, 0) is 41.7 Å². The van der Waals surface area contributed by atoms with Crippen LogP contribution in [0.3, 0.4) is 0 Å². The molecule has 1 atom stereocenters. The zero-order valence-electron chi connectivity index (χ0n) is 19.1. The van der Waals surface area contributed by atoms with E-state index in [1.807, 2.05) is 13.8 Å². The maximum absolute atomic E-state index is 13.5. The van der Waals surface area contributed by atoms with Gasteiger partial charge in [-0.2, -0.15) is 5.26 Å². The zero-order chi connectivity index (χ0) is 25.7. The van der Waals surface area contributed by atoms with Crippen LogP contribution in [0, 0.1) is 26.9 Å². The minimum absolute atomic E-state index is 0.0840. The maximum Gasteiger partial charge on any atom is 0.269 e. The maximum atomic E-state index is 13.5. The van der Waals surface area contributed by atoms with Crippen molar-refractivity contribution in [2.45, 2.75) is 37.5 Å². The number of nitrogens with zero attached hydrogens (tertiary/aromatic N) is 3. The number of nitriles is 1. The van der Waals surface area contributed by atoms with Crippen molar-refractivity contribution in [3.05, 3.63) is 86.9 Å². The van der Waals surface area contributed by atoms with E-state index in [1.165, 1.54) is 48.5 Å². The molecule has 0 fully saturated rings. The molecule has 2 aromatic carbocycles. The number of sulfonamides is 1. The molecule has 1 aliphatic carbocycles. The lowest BCUT2D eigenvalue weighted by molar-refractivity contribution is -0.384. The van der Waals surface area contributed by atoms with Gasteiger partial charge in [0.15, 0.2) is 5.78 Å². The number of non-ortho nitro benzene ring substituents is 1. The molecule has 180 valence electrons. The molecule has 0 unspecified atom stereocenters. The summed E-state index contributed by atoms with van der Waals surface area (Å²) in [4.78, 5) is 25.6. The van der Waals surface area contributed by atoms with Crippen LogP contribution in [0.1, 0.15) is 38.2 Å². The molecule has 2 aromatic rings. The number of carbonyl (C=O) groups is 1. The van der Waals surface area contributed by atoms with E-state index in [4.69, 9.17) is 10.9 Å². The first-order valence-electron chi connectivity index (χ1n) is 10.7. The molecule has 4 rings (SSSR count). The molecule has 1 heterocycles. The van der Waals surface area contributed by atoms with Crippen LogP contribution < -0.4 is 15.8 Å². The number of anilines is 1. The van der Waals surface area contributed by atoms with E-state index in [1.54, 1.807) is 4.90 Å². The molecule has 0 aromatic heterocycles. The summed E-state index contributed by atoms with van der Waals surface area (Å²) in [6.45, 7) is 3.91. The second kappa shape index (κ2) is 8.33. The average molecular weight is 494 g/mol. The van der Waals surface area contributed by atoms with Gasteiger partial charge in [0.25, 0.3) is 5.69 Å². The molecule has 11 heteroatoms. The van der Waals surface area contributed by atoms with Crippen LogP contribution >= 0.6 is 0 Å². The van der Waals surface area contributed by atoms with E-state index >= 15 is 0 Å². The summed E-state index contributed by atoms with van der Waals surface area (Å²) in [5, 5.41) is 26.4. The van der Waals surface area contributed by atoms with Crippen molar-refractivity contribution in [3.63, 3.8) is 0 Å². The molecule has 4 N–H and O–H groups in total. The Balaban J connectivity index is 1.94. The van der Waals surface area contributed by atoms with Gasteiger partial charge in [0.05, 0.1) is 27.4 Å². The summed E-state index contributed by atoms with van der Waals surface area (Å²) in [6.07, 6.45) is 0.722. The number of nitro groups is 1. The minimum Gasteiger partial charge on any atom is -0.384 e. The van der Waals surface area contributed by atoms with Crippen LogP contribution in [0.5, 0.6) is 0 Å². The van der Waals surface area contributed by atoms with Gasteiger partial charge >= 0.3 is 0 Å². The Hall–Kier alpha value is -4.01. The van der Waals surface area contributed by atoms with E-state index in [9.17, 15) is 28.6 Å². The number of allylic oxidation sites excluding steroid dienone is 3. The molecular weight excluding hydrogens is 470 g/mol.